The van der Waals surface area contributed by atoms with Gasteiger partial charge in [-0.05, 0) is 44.9 Å². The molecular formula is C44H85NO8P+. The summed E-state index contributed by atoms with van der Waals surface area (Å²) in [5, 5.41) is 0. The average Bonchev–Trinajstić information content (AvgIpc) is 3.12. The highest BCUT2D eigenvalue weighted by molar-refractivity contribution is 7.47. The number of carbonyl (C=O) groups is 2. The number of ether oxygens (including phenoxy) is 2. The molecule has 0 aromatic rings. The zero-order chi connectivity index (χ0) is 41.8. The fourth-order valence-electron chi connectivity index (χ4n) is 5.84. The van der Waals surface area contributed by atoms with Gasteiger partial charge in [-0.1, -0.05) is 160 Å². The molecule has 0 saturated carbocycles. The van der Waals surface area contributed by atoms with Crippen LogP contribution in [0.2, 0.25) is 0 Å². The molecule has 0 aliphatic heterocycles. The Bertz CT molecular complexity index is 1070. The number of hydrogen-bond donors (Lipinski definition) is 1. The first-order valence-corrected chi connectivity index (χ1v) is 23.3. The summed E-state index contributed by atoms with van der Waals surface area (Å²) in [6.45, 7) is 4.22. The Balaban J connectivity index is 4.47. The van der Waals surface area contributed by atoms with Crippen LogP contribution in [0.5, 0.6) is 0 Å². The average molecular weight is 789 g/mol. The van der Waals surface area contributed by atoms with E-state index in [2.05, 4.69) is 13.8 Å². The monoisotopic (exact) mass is 789 g/mol. The van der Waals surface area contributed by atoms with E-state index in [1.54, 1.807) is 12.2 Å². The number of allylic oxidation sites excluding steroid dienone is 4. The summed E-state index contributed by atoms with van der Waals surface area (Å²) >= 11 is 0. The van der Waals surface area contributed by atoms with Crippen LogP contribution < -0.4 is 0 Å². The second-order valence-electron chi connectivity index (χ2n) is 15.9. The third-order valence-electron chi connectivity index (χ3n) is 9.31. The Morgan fingerprint density at radius 1 is 0.611 bits per heavy atom. The van der Waals surface area contributed by atoms with E-state index < -0.39 is 38.8 Å². The predicted octanol–water partition coefficient (Wildman–Crippen LogP) is 12.4. The summed E-state index contributed by atoms with van der Waals surface area (Å²) in [6.07, 6.45) is 33.2. The number of likely N-dealkylation sites (N-methyl/N-ethyl adjacent to an activating group) is 1. The second-order valence-corrected chi connectivity index (χ2v) is 17.3. The molecule has 0 radical (unpaired) electrons. The van der Waals surface area contributed by atoms with Gasteiger partial charge >= 0.3 is 19.8 Å². The molecule has 2 atom stereocenters. The fraction of sp³-hybridized carbons (Fsp3) is 0.864. The Morgan fingerprint density at radius 2 is 1.04 bits per heavy atom. The molecule has 0 spiro atoms. The van der Waals surface area contributed by atoms with Crippen LogP contribution in [-0.2, 0) is 32.7 Å². The minimum atomic E-state index is -4.40. The summed E-state index contributed by atoms with van der Waals surface area (Å²) in [4.78, 5) is 35.4. The number of esters is 2. The quantitative estimate of drug-likeness (QED) is 0.0215. The Labute approximate surface area is 335 Å². The van der Waals surface area contributed by atoms with Crippen LogP contribution in [-0.4, -0.2) is 74.9 Å². The van der Waals surface area contributed by atoms with E-state index in [4.69, 9.17) is 21.3 Å². The normalized spacial score (nSPS) is 14.6. The molecule has 0 saturated heterocycles. The standard InChI is InChI=1S/C44H84NO8P/c1-6-8-10-12-14-16-18-20-22-24-26-28-30-32-34-36-43(46)50-40-42(41-52-54(48,49)51-39-38-45(3,4)5)53-44(47)37-35-33-31-29-27-25-23-21-19-17-15-13-11-9-7-2/h15,17,21,23,42H,6-14,16,18-20,22,24-41H2,1-5H3/p+1/b17-15-,23-21-/t42-/m1/s1/i19D2. The van der Waals surface area contributed by atoms with E-state index in [0.29, 0.717) is 17.4 Å². The Morgan fingerprint density at radius 3 is 1.54 bits per heavy atom. The number of carbonyl (C=O) groups excluding carboxylic acids is 2. The van der Waals surface area contributed by atoms with E-state index in [9.17, 15) is 19.0 Å². The number of rotatable bonds is 40. The minimum Gasteiger partial charge on any atom is -0.462 e. The van der Waals surface area contributed by atoms with Gasteiger partial charge in [0.05, 0.1) is 27.7 Å². The van der Waals surface area contributed by atoms with Crippen LogP contribution in [0.1, 0.15) is 196 Å². The Hall–Kier alpha value is -1.51. The molecule has 0 bridgehead atoms. The van der Waals surface area contributed by atoms with Gasteiger partial charge in [0.2, 0.25) is 0 Å². The predicted molar refractivity (Wildman–Crippen MR) is 224 cm³/mol. The number of unbranched alkanes of at least 4 members (excludes halogenated alkanes) is 22. The Kier molecular flexibility index (Phi) is 33.4. The lowest BCUT2D eigenvalue weighted by atomic mass is 10.0. The molecule has 0 rings (SSSR count). The maximum absolute atomic E-state index is 12.7. The highest BCUT2D eigenvalue weighted by Gasteiger charge is 2.27. The van der Waals surface area contributed by atoms with Gasteiger partial charge in [-0.15, -0.1) is 0 Å². The van der Waals surface area contributed by atoms with Crippen LogP contribution in [0.25, 0.3) is 0 Å². The smallest absolute Gasteiger partial charge is 0.462 e. The van der Waals surface area contributed by atoms with Crippen molar-refractivity contribution in [2.24, 2.45) is 0 Å². The number of nitrogens with zero attached hydrogens (tertiary/aromatic N) is 1. The molecule has 10 heteroatoms. The van der Waals surface area contributed by atoms with Crippen molar-refractivity contribution in [1.29, 1.82) is 0 Å². The van der Waals surface area contributed by atoms with Gasteiger partial charge in [-0.2, -0.15) is 0 Å². The molecule has 0 aromatic carbocycles. The first-order chi connectivity index (χ1) is 26.7. The number of quaternary nitrogens is 1. The molecule has 1 unspecified atom stereocenters. The van der Waals surface area contributed by atoms with Crippen molar-refractivity contribution in [2.45, 2.75) is 200 Å². The van der Waals surface area contributed by atoms with E-state index >= 15 is 0 Å². The second kappa shape index (κ2) is 37.1. The van der Waals surface area contributed by atoms with Crippen LogP contribution in [0.15, 0.2) is 24.3 Å². The van der Waals surface area contributed by atoms with E-state index in [-0.39, 0.29) is 26.1 Å². The minimum absolute atomic E-state index is 0.0119. The van der Waals surface area contributed by atoms with Crippen molar-refractivity contribution < 1.29 is 44.8 Å². The molecule has 0 fully saturated rings. The molecular weight excluding hydrogens is 701 g/mol. The van der Waals surface area contributed by atoms with Crippen molar-refractivity contribution in [3.8, 4) is 0 Å². The summed E-state index contributed by atoms with van der Waals surface area (Å²) in [7, 11) is 1.41. The van der Waals surface area contributed by atoms with E-state index in [1.807, 2.05) is 33.3 Å². The van der Waals surface area contributed by atoms with Crippen LogP contribution in [0.4, 0.5) is 0 Å². The lowest BCUT2D eigenvalue weighted by Crippen LogP contribution is -2.37. The van der Waals surface area contributed by atoms with Gasteiger partial charge in [0.1, 0.15) is 19.8 Å². The molecule has 0 aliphatic carbocycles. The molecule has 54 heavy (non-hydrogen) atoms. The van der Waals surface area contributed by atoms with Crippen molar-refractivity contribution >= 4 is 19.8 Å². The first kappa shape index (κ1) is 48.6. The van der Waals surface area contributed by atoms with Gasteiger partial charge in [0.25, 0.3) is 0 Å². The largest absolute Gasteiger partial charge is 0.472 e. The third kappa shape index (κ3) is 40.2. The molecule has 9 nitrogen and oxygen atoms in total. The zero-order valence-electron chi connectivity index (χ0n) is 37.5. The van der Waals surface area contributed by atoms with Crippen LogP contribution in [0.3, 0.4) is 0 Å². The van der Waals surface area contributed by atoms with E-state index in [0.717, 1.165) is 70.6 Å². The number of phosphoric ester groups is 1. The maximum atomic E-state index is 12.7. The fourth-order valence-corrected chi connectivity index (χ4v) is 6.58. The molecule has 0 heterocycles. The summed E-state index contributed by atoms with van der Waals surface area (Å²) in [6, 6.07) is 0. The van der Waals surface area contributed by atoms with Crippen LogP contribution >= 0.6 is 7.82 Å². The van der Waals surface area contributed by atoms with E-state index in [1.165, 1.54) is 83.5 Å². The SMILES string of the molecule is [2H]C([2H])(/C=C\CCCCC)/C=C\CCCCCCCC(=O)O[C@H](COC(=O)CCCCCCCCCCCCCCCCC)COP(=O)(O)OCC[N+](C)(C)C. The lowest BCUT2D eigenvalue weighted by Gasteiger charge is -2.24. The summed E-state index contributed by atoms with van der Waals surface area (Å²) in [5.74, 6) is -0.874. The molecule has 0 aliphatic rings. The van der Waals surface area contributed by atoms with Crippen LogP contribution in [0, 0.1) is 0 Å². The molecule has 0 amide bonds. The van der Waals surface area contributed by atoms with Crippen molar-refractivity contribution in [3.63, 3.8) is 0 Å². The topological polar surface area (TPSA) is 108 Å². The highest BCUT2D eigenvalue weighted by atomic mass is 31.2. The van der Waals surface area contributed by atoms with Gasteiger partial charge in [-0.25, -0.2) is 4.57 Å². The van der Waals surface area contributed by atoms with Gasteiger partial charge in [0, 0.05) is 15.6 Å². The van der Waals surface area contributed by atoms with Gasteiger partial charge in [0.15, 0.2) is 6.10 Å². The van der Waals surface area contributed by atoms with Crippen molar-refractivity contribution in [2.75, 3.05) is 47.5 Å². The zero-order valence-corrected chi connectivity index (χ0v) is 36.4. The van der Waals surface area contributed by atoms with Crippen molar-refractivity contribution in [3.05, 3.63) is 24.3 Å². The maximum Gasteiger partial charge on any atom is 0.472 e. The van der Waals surface area contributed by atoms with Gasteiger partial charge in [-0.3, -0.25) is 18.6 Å². The lowest BCUT2D eigenvalue weighted by molar-refractivity contribution is -0.870. The molecule has 0 aromatic heterocycles. The first-order valence-electron chi connectivity index (χ1n) is 22.8. The summed E-state index contributed by atoms with van der Waals surface area (Å²) in [5.41, 5.74) is 0. The highest BCUT2D eigenvalue weighted by Crippen LogP contribution is 2.43. The van der Waals surface area contributed by atoms with Crippen molar-refractivity contribution in [1.82, 2.24) is 0 Å². The van der Waals surface area contributed by atoms with Gasteiger partial charge < -0.3 is 18.9 Å². The molecule has 318 valence electrons. The molecule has 1 N–H and O–H groups in total. The number of phosphoric acid groups is 1. The number of hydrogen-bond acceptors (Lipinski definition) is 7. The summed E-state index contributed by atoms with van der Waals surface area (Å²) < 4.78 is 50.4. The third-order valence-corrected chi connectivity index (χ3v) is 10.3.